The summed E-state index contributed by atoms with van der Waals surface area (Å²) in [5, 5.41) is 11.7. The molecule has 1 aromatic carbocycles. The van der Waals surface area contributed by atoms with Gasteiger partial charge in [0.2, 0.25) is 0 Å². The number of methoxy groups -OCH3 is 2. The van der Waals surface area contributed by atoms with Crippen LogP contribution in [0.3, 0.4) is 0 Å². The van der Waals surface area contributed by atoms with E-state index in [4.69, 9.17) is 26.2 Å². The first kappa shape index (κ1) is 18.7. The Kier molecular flexibility index (Phi) is 5.94. The highest BCUT2D eigenvalue weighted by Crippen LogP contribution is 2.36. The van der Waals surface area contributed by atoms with Gasteiger partial charge in [0.05, 0.1) is 36.8 Å². The molecule has 0 saturated carbocycles. The van der Waals surface area contributed by atoms with Crippen LogP contribution in [0.15, 0.2) is 30.5 Å². The Balaban J connectivity index is 2.21. The Morgan fingerprint density at radius 2 is 1.92 bits per heavy atom. The zero-order chi connectivity index (χ0) is 18.6. The fourth-order valence-electron chi connectivity index (χ4n) is 1.88. The Labute approximate surface area is 153 Å². The van der Waals surface area contributed by atoms with E-state index in [0.717, 1.165) is 4.31 Å². The maximum atomic E-state index is 12.3. The first-order chi connectivity index (χ1) is 11.9. The Hall–Kier alpha value is -2.65. The smallest absolute Gasteiger partial charge is 0.354 e. The number of nitrogens with zero attached hydrogens (tertiary/aromatic N) is 2. The summed E-state index contributed by atoms with van der Waals surface area (Å²) >= 11 is 10.1. The van der Waals surface area contributed by atoms with Crippen LogP contribution in [0, 0.1) is 0 Å². The summed E-state index contributed by atoms with van der Waals surface area (Å²) < 4.78 is 11.3. The molecule has 0 bridgehead atoms. The van der Waals surface area contributed by atoms with Crippen molar-refractivity contribution in [3.63, 3.8) is 0 Å². The highest BCUT2D eigenvalue weighted by Gasteiger charge is 2.17. The summed E-state index contributed by atoms with van der Waals surface area (Å²) in [6, 6.07) is 5.06. The molecule has 25 heavy (non-hydrogen) atoms. The van der Waals surface area contributed by atoms with Crippen LogP contribution in [0.4, 0.5) is 16.2 Å². The predicted octanol–water partition coefficient (Wildman–Crippen LogP) is 3.33. The third-order valence-electron chi connectivity index (χ3n) is 3.12. The zero-order valence-electron chi connectivity index (χ0n) is 13.2. The van der Waals surface area contributed by atoms with Gasteiger partial charge in [0.15, 0.2) is 0 Å². The number of rotatable bonds is 5. The summed E-state index contributed by atoms with van der Waals surface area (Å²) in [6.45, 7) is 0. The van der Waals surface area contributed by atoms with E-state index in [1.165, 1.54) is 44.7 Å². The van der Waals surface area contributed by atoms with Gasteiger partial charge in [-0.15, -0.1) is 0 Å². The van der Waals surface area contributed by atoms with Crippen molar-refractivity contribution in [2.24, 2.45) is 0 Å². The monoisotopic (exact) mass is 383 g/mol. The highest BCUT2D eigenvalue weighted by molar-refractivity contribution is 7.82. The molecule has 0 fully saturated rings. The van der Waals surface area contributed by atoms with Crippen molar-refractivity contribution < 1.29 is 24.2 Å². The predicted molar refractivity (Wildman–Crippen MR) is 96.2 cm³/mol. The number of ether oxygens (including phenoxy) is 2. The molecule has 1 heterocycles. The Bertz CT molecular complexity index is 800. The van der Waals surface area contributed by atoms with Crippen molar-refractivity contribution in [2.75, 3.05) is 23.8 Å². The molecule has 132 valence electrons. The summed E-state index contributed by atoms with van der Waals surface area (Å²) in [6.07, 6.45) is 1.22. The van der Waals surface area contributed by atoms with E-state index >= 15 is 0 Å². The molecular formula is C15H14ClN3O5S. The number of nitrogens with one attached hydrogen (secondary N) is 1. The van der Waals surface area contributed by atoms with E-state index in [1.807, 2.05) is 0 Å². The number of aromatic nitrogens is 1. The Morgan fingerprint density at radius 3 is 2.44 bits per heavy atom. The van der Waals surface area contributed by atoms with E-state index in [-0.39, 0.29) is 16.4 Å². The number of carbonyl (C=O) groups is 2. The fraction of sp³-hybridized carbons (Fsp3) is 0.133. The van der Waals surface area contributed by atoms with Crippen LogP contribution in [0.2, 0.25) is 5.02 Å². The first-order valence-corrected chi connectivity index (χ1v) is 7.56. The van der Waals surface area contributed by atoms with E-state index in [9.17, 15) is 9.59 Å². The lowest BCUT2D eigenvalue weighted by molar-refractivity contribution is 0.0690. The molecule has 8 nitrogen and oxygen atoms in total. The second-order valence-corrected chi connectivity index (χ2v) is 5.44. The minimum absolute atomic E-state index is 0.144. The average Bonchev–Trinajstić information content (AvgIpc) is 2.61. The number of halogens is 1. The molecule has 0 saturated heterocycles. The van der Waals surface area contributed by atoms with Gasteiger partial charge in [-0.2, -0.15) is 0 Å². The number of carboxylic acid groups (broad SMARTS) is 1. The number of thiol groups is 1. The van der Waals surface area contributed by atoms with Crippen LogP contribution >= 0.6 is 24.4 Å². The second kappa shape index (κ2) is 7.95. The van der Waals surface area contributed by atoms with E-state index in [1.54, 1.807) is 0 Å². The molecule has 0 unspecified atom stereocenters. The second-order valence-electron chi connectivity index (χ2n) is 4.64. The quantitative estimate of drug-likeness (QED) is 0.684. The number of carboxylic acids is 1. The summed E-state index contributed by atoms with van der Waals surface area (Å²) in [7, 11) is 2.90. The molecule has 0 aliphatic carbocycles. The van der Waals surface area contributed by atoms with Gasteiger partial charge < -0.3 is 19.9 Å². The van der Waals surface area contributed by atoms with E-state index in [0.29, 0.717) is 17.2 Å². The van der Waals surface area contributed by atoms with Gasteiger partial charge in [0.25, 0.3) is 0 Å². The molecule has 2 aromatic rings. The lowest BCUT2D eigenvalue weighted by atomic mass is 10.2. The van der Waals surface area contributed by atoms with E-state index in [2.05, 4.69) is 23.1 Å². The van der Waals surface area contributed by atoms with Crippen LogP contribution in [-0.4, -0.2) is 36.3 Å². The Morgan fingerprint density at radius 1 is 1.24 bits per heavy atom. The van der Waals surface area contributed by atoms with Gasteiger partial charge in [-0.25, -0.2) is 18.9 Å². The molecule has 2 N–H and O–H groups in total. The number of aromatic carboxylic acids is 1. The van der Waals surface area contributed by atoms with Gasteiger partial charge in [0, 0.05) is 6.07 Å². The molecular weight excluding hydrogens is 370 g/mol. The van der Waals surface area contributed by atoms with E-state index < -0.39 is 12.0 Å². The van der Waals surface area contributed by atoms with Crippen molar-refractivity contribution >= 4 is 47.8 Å². The van der Waals surface area contributed by atoms with Gasteiger partial charge in [0.1, 0.15) is 17.2 Å². The number of urea groups is 1. The van der Waals surface area contributed by atoms with Crippen molar-refractivity contribution in [2.45, 2.75) is 0 Å². The SMILES string of the molecule is COc1cc(OC)c(NC(=O)N(S)c2ccc(C(=O)O)nc2)cc1Cl. The third kappa shape index (κ3) is 4.25. The minimum atomic E-state index is -1.17. The zero-order valence-corrected chi connectivity index (χ0v) is 14.8. The molecule has 10 heteroatoms. The summed E-state index contributed by atoms with van der Waals surface area (Å²) in [5.74, 6) is -0.428. The molecule has 1 aromatic heterocycles. The topological polar surface area (TPSA) is 101 Å². The number of pyridine rings is 1. The van der Waals surface area contributed by atoms with Gasteiger partial charge in [-0.1, -0.05) is 24.4 Å². The normalized spacial score (nSPS) is 10.1. The maximum Gasteiger partial charge on any atom is 0.354 e. The van der Waals surface area contributed by atoms with Crippen molar-refractivity contribution in [3.8, 4) is 11.5 Å². The lowest BCUT2D eigenvalue weighted by Gasteiger charge is -2.18. The van der Waals surface area contributed by atoms with Crippen molar-refractivity contribution in [1.82, 2.24) is 4.98 Å². The van der Waals surface area contributed by atoms with Gasteiger partial charge in [-0.3, -0.25) is 0 Å². The highest BCUT2D eigenvalue weighted by atomic mass is 35.5. The number of anilines is 2. The van der Waals surface area contributed by atoms with Crippen LogP contribution in [0.25, 0.3) is 0 Å². The largest absolute Gasteiger partial charge is 0.495 e. The number of amides is 2. The minimum Gasteiger partial charge on any atom is -0.495 e. The molecule has 2 amide bonds. The lowest BCUT2D eigenvalue weighted by Crippen LogP contribution is -2.27. The van der Waals surface area contributed by atoms with Crippen molar-refractivity contribution in [1.29, 1.82) is 0 Å². The van der Waals surface area contributed by atoms with Crippen LogP contribution < -0.4 is 19.1 Å². The van der Waals surface area contributed by atoms with Gasteiger partial charge >= 0.3 is 12.0 Å². The van der Waals surface area contributed by atoms with Crippen LogP contribution in [0.5, 0.6) is 11.5 Å². The third-order valence-corrected chi connectivity index (χ3v) is 3.83. The molecule has 0 aliphatic heterocycles. The number of hydrogen-bond acceptors (Lipinski definition) is 6. The molecule has 0 radical (unpaired) electrons. The molecule has 2 rings (SSSR count). The van der Waals surface area contributed by atoms with Gasteiger partial charge in [-0.05, 0) is 18.2 Å². The average molecular weight is 384 g/mol. The molecule has 0 spiro atoms. The first-order valence-electron chi connectivity index (χ1n) is 6.78. The maximum absolute atomic E-state index is 12.3. The van der Waals surface area contributed by atoms with Crippen LogP contribution in [0.1, 0.15) is 10.5 Å². The number of carbonyl (C=O) groups excluding carboxylic acids is 1. The fourth-order valence-corrected chi connectivity index (χ4v) is 2.29. The van der Waals surface area contributed by atoms with Crippen molar-refractivity contribution in [3.05, 3.63) is 41.2 Å². The summed E-state index contributed by atoms with van der Waals surface area (Å²) in [4.78, 5) is 26.9. The standard InChI is InChI=1S/C15H14ClN3O5S/c1-23-12-6-13(24-2)11(5-9(12)16)18-15(22)19(25)8-3-4-10(14(20)21)17-7-8/h3-7,25H,1-2H3,(H,18,22)(H,20,21). The molecule has 0 aliphatic rings. The summed E-state index contributed by atoms with van der Waals surface area (Å²) in [5.41, 5.74) is 0.450. The molecule has 0 atom stereocenters. The van der Waals surface area contributed by atoms with Crippen LogP contribution in [-0.2, 0) is 0 Å². The number of benzene rings is 1. The number of hydrogen-bond donors (Lipinski definition) is 3.